The summed E-state index contributed by atoms with van der Waals surface area (Å²) >= 11 is 0. The van der Waals surface area contributed by atoms with Crippen molar-refractivity contribution in [2.24, 2.45) is 0 Å². The van der Waals surface area contributed by atoms with Crippen molar-refractivity contribution in [2.75, 3.05) is 7.11 Å². The topological polar surface area (TPSA) is 49.8 Å². The molecule has 22 heavy (non-hydrogen) atoms. The number of amides is 1. The summed E-state index contributed by atoms with van der Waals surface area (Å²) in [5.41, 5.74) is 1.97. The second kappa shape index (κ2) is 5.81. The van der Waals surface area contributed by atoms with E-state index in [9.17, 15) is 9.90 Å². The zero-order valence-corrected chi connectivity index (χ0v) is 12.6. The second-order valence-corrected chi connectivity index (χ2v) is 5.49. The predicted octanol–water partition coefficient (Wildman–Crippen LogP) is 2.70. The Balaban J connectivity index is 1.86. The van der Waals surface area contributed by atoms with Gasteiger partial charge in [0.1, 0.15) is 5.75 Å². The lowest BCUT2D eigenvalue weighted by atomic mass is 9.87. The van der Waals surface area contributed by atoms with E-state index in [1.807, 2.05) is 61.5 Å². The van der Waals surface area contributed by atoms with Gasteiger partial charge < -0.3 is 14.7 Å². The Morgan fingerprint density at radius 1 is 1.09 bits per heavy atom. The van der Waals surface area contributed by atoms with Crippen LogP contribution in [0, 0.1) is 0 Å². The largest absolute Gasteiger partial charge is 0.497 e. The van der Waals surface area contributed by atoms with Gasteiger partial charge in [0.05, 0.1) is 19.2 Å². The number of carbonyl (C=O) groups is 1. The molecule has 1 aliphatic heterocycles. The first kappa shape index (κ1) is 14.6. The van der Waals surface area contributed by atoms with Crippen LogP contribution in [0.3, 0.4) is 0 Å². The average Bonchev–Trinajstić information content (AvgIpc) is 2.59. The van der Waals surface area contributed by atoms with Gasteiger partial charge in [-0.15, -0.1) is 0 Å². The van der Waals surface area contributed by atoms with Crippen molar-refractivity contribution >= 4 is 5.91 Å². The Bertz CT molecular complexity index is 654. The Labute approximate surface area is 130 Å². The average molecular weight is 297 g/mol. The number of likely N-dealkylation sites (tertiary alicyclic amines) is 1. The van der Waals surface area contributed by atoms with Gasteiger partial charge in [-0.3, -0.25) is 4.79 Å². The van der Waals surface area contributed by atoms with Crippen LogP contribution < -0.4 is 4.74 Å². The van der Waals surface area contributed by atoms with Crippen LogP contribution >= 0.6 is 0 Å². The summed E-state index contributed by atoms with van der Waals surface area (Å²) in [4.78, 5) is 13.9. The number of methoxy groups -OCH3 is 1. The van der Waals surface area contributed by atoms with Crippen LogP contribution in [0.2, 0.25) is 0 Å². The summed E-state index contributed by atoms with van der Waals surface area (Å²) in [5, 5.41) is 10.1. The summed E-state index contributed by atoms with van der Waals surface area (Å²) in [6.07, 6.45) is -0.955. The molecule has 4 heteroatoms. The van der Waals surface area contributed by atoms with E-state index in [-0.39, 0.29) is 18.0 Å². The van der Waals surface area contributed by atoms with Gasteiger partial charge in [0.15, 0.2) is 6.10 Å². The molecule has 3 atom stereocenters. The molecule has 0 aliphatic carbocycles. The Morgan fingerprint density at radius 2 is 1.73 bits per heavy atom. The number of aliphatic hydroxyl groups excluding tert-OH is 1. The van der Waals surface area contributed by atoms with Crippen LogP contribution in [0.25, 0.3) is 0 Å². The molecule has 2 aromatic carbocycles. The van der Waals surface area contributed by atoms with Gasteiger partial charge in [-0.2, -0.15) is 0 Å². The lowest BCUT2D eigenvalue weighted by molar-refractivity contribution is -0.172. The van der Waals surface area contributed by atoms with Crippen LogP contribution in [0.1, 0.15) is 30.1 Å². The summed E-state index contributed by atoms with van der Waals surface area (Å²) in [5.74, 6) is 0.558. The van der Waals surface area contributed by atoms with Gasteiger partial charge in [0.25, 0.3) is 5.91 Å². The van der Waals surface area contributed by atoms with Crippen molar-refractivity contribution in [2.45, 2.75) is 25.1 Å². The smallest absolute Gasteiger partial charge is 0.255 e. The molecule has 0 radical (unpaired) electrons. The molecule has 0 aromatic heterocycles. The number of β-lactam (4-membered cyclic amide) rings is 1. The Kier molecular flexibility index (Phi) is 3.86. The fraction of sp³-hybridized carbons (Fsp3) is 0.278. The van der Waals surface area contributed by atoms with Crippen molar-refractivity contribution in [1.82, 2.24) is 4.90 Å². The number of nitrogens with zero attached hydrogens (tertiary/aromatic N) is 1. The molecule has 1 fully saturated rings. The number of benzene rings is 2. The lowest BCUT2D eigenvalue weighted by Crippen LogP contribution is -2.59. The highest BCUT2D eigenvalue weighted by molar-refractivity contribution is 5.89. The molecule has 2 aromatic rings. The number of aliphatic hydroxyl groups is 1. The highest BCUT2D eigenvalue weighted by Gasteiger charge is 2.49. The first-order valence-corrected chi connectivity index (χ1v) is 7.32. The zero-order valence-electron chi connectivity index (χ0n) is 12.6. The maximum Gasteiger partial charge on any atom is 0.255 e. The highest BCUT2D eigenvalue weighted by atomic mass is 16.5. The second-order valence-electron chi connectivity index (χ2n) is 5.49. The first-order chi connectivity index (χ1) is 10.6. The van der Waals surface area contributed by atoms with Gasteiger partial charge >= 0.3 is 0 Å². The molecule has 1 N–H and O–H groups in total. The molecule has 114 valence electrons. The van der Waals surface area contributed by atoms with E-state index in [1.165, 1.54) is 0 Å². The Morgan fingerprint density at radius 3 is 2.32 bits per heavy atom. The molecule has 3 rings (SSSR count). The molecule has 0 bridgehead atoms. The number of ether oxygens (including phenoxy) is 1. The fourth-order valence-corrected chi connectivity index (χ4v) is 2.96. The van der Waals surface area contributed by atoms with E-state index in [2.05, 4.69) is 0 Å². The van der Waals surface area contributed by atoms with Gasteiger partial charge in [-0.25, -0.2) is 0 Å². The summed E-state index contributed by atoms with van der Waals surface area (Å²) < 4.78 is 5.16. The molecule has 4 nitrogen and oxygen atoms in total. The number of hydrogen-bond donors (Lipinski definition) is 1. The normalized spacial score (nSPS) is 22.1. The molecular weight excluding hydrogens is 278 g/mol. The summed E-state index contributed by atoms with van der Waals surface area (Å²) in [6, 6.07) is 16.9. The van der Waals surface area contributed by atoms with Gasteiger partial charge in [0, 0.05) is 0 Å². The molecule has 0 spiro atoms. The number of carbonyl (C=O) groups excluding carboxylic acids is 1. The molecular formula is C18H19NO3. The van der Waals surface area contributed by atoms with Crippen molar-refractivity contribution < 1.29 is 14.6 Å². The lowest BCUT2D eigenvalue weighted by Gasteiger charge is -2.48. The van der Waals surface area contributed by atoms with Crippen LogP contribution in [0.15, 0.2) is 54.6 Å². The van der Waals surface area contributed by atoms with Gasteiger partial charge in [-0.1, -0.05) is 42.5 Å². The van der Waals surface area contributed by atoms with E-state index >= 15 is 0 Å². The van der Waals surface area contributed by atoms with E-state index in [4.69, 9.17) is 4.74 Å². The molecule has 0 saturated carbocycles. The van der Waals surface area contributed by atoms with E-state index < -0.39 is 6.10 Å². The SMILES string of the molecule is COc1ccc([C@H](C)N2C(=O)[C@H](O)[C@@H]2c2ccccc2)cc1. The molecule has 0 unspecified atom stereocenters. The van der Waals surface area contributed by atoms with E-state index in [0.717, 1.165) is 16.9 Å². The van der Waals surface area contributed by atoms with Crippen LogP contribution in [0.5, 0.6) is 5.75 Å². The van der Waals surface area contributed by atoms with Crippen LogP contribution in [-0.2, 0) is 4.79 Å². The maximum absolute atomic E-state index is 12.1. The van der Waals surface area contributed by atoms with Crippen molar-refractivity contribution in [1.29, 1.82) is 0 Å². The minimum atomic E-state index is -0.955. The maximum atomic E-state index is 12.1. The Hall–Kier alpha value is -2.33. The molecule has 1 saturated heterocycles. The third-order valence-electron chi connectivity index (χ3n) is 4.26. The van der Waals surface area contributed by atoms with Gasteiger partial charge in [-0.05, 0) is 30.2 Å². The zero-order chi connectivity index (χ0) is 15.7. The number of rotatable bonds is 4. The summed E-state index contributed by atoms with van der Waals surface area (Å²) in [6.45, 7) is 1.97. The quantitative estimate of drug-likeness (QED) is 0.883. The first-order valence-electron chi connectivity index (χ1n) is 7.32. The molecule has 1 amide bonds. The van der Waals surface area contributed by atoms with Crippen LogP contribution in [0.4, 0.5) is 0 Å². The van der Waals surface area contributed by atoms with Crippen molar-refractivity contribution in [3.8, 4) is 5.75 Å². The van der Waals surface area contributed by atoms with Crippen LogP contribution in [-0.4, -0.2) is 29.1 Å². The highest BCUT2D eigenvalue weighted by Crippen LogP contribution is 2.41. The minimum Gasteiger partial charge on any atom is -0.497 e. The summed E-state index contributed by atoms with van der Waals surface area (Å²) in [7, 11) is 1.62. The van der Waals surface area contributed by atoms with Crippen molar-refractivity contribution in [3.05, 3.63) is 65.7 Å². The number of hydrogen-bond acceptors (Lipinski definition) is 3. The molecule has 1 aliphatic rings. The third-order valence-corrected chi connectivity index (χ3v) is 4.26. The van der Waals surface area contributed by atoms with E-state index in [1.54, 1.807) is 12.0 Å². The monoisotopic (exact) mass is 297 g/mol. The van der Waals surface area contributed by atoms with E-state index in [0.29, 0.717) is 0 Å². The van der Waals surface area contributed by atoms with Crippen molar-refractivity contribution in [3.63, 3.8) is 0 Å². The third kappa shape index (κ3) is 2.35. The minimum absolute atomic E-state index is 0.105. The standard InChI is InChI=1S/C18H19NO3/c1-12(13-8-10-15(22-2)11-9-13)19-16(17(20)18(19)21)14-6-4-3-5-7-14/h3-12,16-17,20H,1-2H3/t12-,16-,17+/m0/s1. The fourth-order valence-electron chi connectivity index (χ4n) is 2.96. The molecule has 1 heterocycles. The van der Waals surface area contributed by atoms with Gasteiger partial charge in [0.2, 0.25) is 0 Å². The predicted molar refractivity (Wildman–Crippen MR) is 83.4 cm³/mol.